The first-order chi connectivity index (χ1) is 9.08. The number of pyridine rings is 2. The lowest BCUT2D eigenvalue weighted by atomic mass is 10.3. The van der Waals surface area contributed by atoms with Crippen molar-refractivity contribution >= 4 is 33.5 Å². The minimum atomic E-state index is -1.16. The van der Waals surface area contributed by atoms with Gasteiger partial charge in [-0.05, 0) is 40.2 Å². The fraction of sp³-hybridized carbons (Fsp3) is 0. The van der Waals surface area contributed by atoms with Gasteiger partial charge in [0.25, 0.3) is 5.91 Å². The first kappa shape index (κ1) is 13.2. The molecule has 0 atom stereocenters. The van der Waals surface area contributed by atoms with E-state index in [0.717, 1.165) is 0 Å². The normalized spacial score (nSPS) is 9.95. The number of hydrogen-bond donors (Lipinski definition) is 2. The summed E-state index contributed by atoms with van der Waals surface area (Å²) in [4.78, 5) is 30.3. The number of carboxylic acid groups (broad SMARTS) is 1. The second-order valence-electron chi connectivity index (χ2n) is 3.52. The van der Waals surface area contributed by atoms with Gasteiger partial charge in [-0.15, -0.1) is 0 Å². The van der Waals surface area contributed by atoms with Gasteiger partial charge in [0.1, 0.15) is 11.4 Å². The number of nitrogens with one attached hydrogen (secondary N) is 1. The van der Waals surface area contributed by atoms with E-state index < -0.39 is 11.9 Å². The van der Waals surface area contributed by atoms with Crippen molar-refractivity contribution in [2.45, 2.75) is 0 Å². The maximum absolute atomic E-state index is 11.9. The third-order valence-electron chi connectivity index (χ3n) is 2.21. The van der Waals surface area contributed by atoms with Crippen molar-refractivity contribution in [3.63, 3.8) is 0 Å². The summed E-state index contributed by atoms with van der Waals surface area (Å²) in [6, 6.07) is 6.16. The molecule has 6 nitrogen and oxygen atoms in total. The Morgan fingerprint density at radius 2 is 2.00 bits per heavy atom. The molecule has 0 saturated heterocycles. The quantitative estimate of drug-likeness (QED) is 0.904. The highest BCUT2D eigenvalue weighted by Gasteiger charge is 2.12. The SMILES string of the molecule is O=C(O)c1cc(NC(=O)c2ncccc2Br)ccn1. The van der Waals surface area contributed by atoms with Gasteiger partial charge in [0.05, 0.1) is 0 Å². The lowest BCUT2D eigenvalue weighted by Crippen LogP contribution is -2.15. The predicted molar refractivity (Wildman–Crippen MR) is 71.1 cm³/mol. The number of halogens is 1. The second kappa shape index (κ2) is 5.57. The molecule has 0 radical (unpaired) electrons. The van der Waals surface area contributed by atoms with Gasteiger partial charge in [-0.2, -0.15) is 0 Å². The largest absolute Gasteiger partial charge is 0.477 e. The fourth-order valence-corrected chi connectivity index (χ4v) is 1.80. The molecule has 2 aromatic rings. The molecule has 0 unspecified atom stereocenters. The molecule has 0 aliphatic rings. The van der Waals surface area contributed by atoms with Crippen molar-refractivity contribution in [1.82, 2.24) is 9.97 Å². The highest BCUT2D eigenvalue weighted by Crippen LogP contribution is 2.15. The minimum Gasteiger partial charge on any atom is -0.477 e. The molecule has 0 bridgehead atoms. The molecule has 96 valence electrons. The van der Waals surface area contributed by atoms with E-state index in [-0.39, 0.29) is 11.4 Å². The number of carbonyl (C=O) groups excluding carboxylic acids is 1. The van der Waals surface area contributed by atoms with E-state index in [1.165, 1.54) is 24.5 Å². The van der Waals surface area contributed by atoms with Gasteiger partial charge in [-0.1, -0.05) is 0 Å². The third-order valence-corrected chi connectivity index (χ3v) is 2.85. The summed E-state index contributed by atoms with van der Waals surface area (Å²) >= 11 is 3.22. The van der Waals surface area contributed by atoms with Crippen LogP contribution in [0.4, 0.5) is 5.69 Å². The Balaban J connectivity index is 2.22. The average Bonchev–Trinajstić information content (AvgIpc) is 2.39. The number of carboxylic acids is 1. The number of hydrogen-bond acceptors (Lipinski definition) is 4. The van der Waals surface area contributed by atoms with E-state index in [1.54, 1.807) is 12.1 Å². The van der Waals surface area contributed by atoms with E-state index in [1.807, 2.05) is 0 Å². The van der Waals surface area contributed by atoms with Crippen LogP contribution in [-0.4, -0.2) is 27.0 Å². The van der Waals surface area contributed by atoms with E-state index >= 15 is 0 Å². The summed E-state index contributed by atoms with van der Waals surface area (Å²) in [5, 5.41) is 11.4. The summed E-state index contributed by atoms with van der Waals surface area (Å²) in [5.74, 6) is -1.59. The van der Waals surface area contributed by atoms with E-state index in [2.05, 4.69) is 31.2 Å². The Hall–Kier alpha value is -2.28. The number of aromatic carboxylic acids is 1. The maximum Gasteiger partial charge on any atom is 0.354 e. The molecule has 7 heteroatoms. The van der Waals surface area contributed by atoms with Crippen LogP contribution in [0, 0.1) is 0 Å². The zero-order valence-corrected chi connectivity index (χ0v) is 11.1. The van der Waals surface area contributed by atoms with Crippen LogP contribution in [0.2, 0.25) is 0 Å². The molecule has 19 heavy (non-hydrogen) atoms. The van der Waals surface area contributed by atoms with Gasteiger partial charge in [0, 0.05) is 22.6 Å². The third kappa shape index (κ3) is 3.14. The lowest BCUT2D eigenvalue weighted by Gasteiger charge is -2.06. The molecule has 0 spiro atoms. The van der Waals surface area contributed by atoms with Crippen LogP contribution >= 0.6 is 15.9 Å². The Morgan fingerprint density at radius 3 is 2.68 bits per heavy atom. The van der Waals surface area contributed by atoms with Crippen molar-refractivity contribution in [1.29, 1.82) is 0 Å². The molecular weight excluding hydrogens is 314 g/mol. The van der Waals surface area contributed by atoms with Crippen LogP contribution < -0.4 is 5.32 Å². The van der Waals surface area contributed by atoms with Crippen LogP contribution in [0.1, 0.15) is 21.0 Å². The van der Waals surface area contributed by atoms with Gasteiger partial charge in [0.15, 0.2) is 0 Å². The van der Waals surface area contributed by atoms with E-state index in [4.69, 9.17) is 5.11 Å². The number of carbonyl (C=O) groups is 2. The first-order valence-corrected chi connectivity index (χ1v) is 5.98. The molecule has 2 N–H and O–H groups in total. The van der Waals surface area contributed by atoms with Gasteiger partial charge < -0.3 is 10.4 Å². The van der Waals surface area contributed by atoms with Crippen LogP contribution in [0.3, 0.4) is 0 Å². The Kier molecular flexibility index (Phi) is 3.86. The minimum absolute atomic E-state index is 0.141. The van der Waals surface area contributed by atoms with Crippen LogP contribution in [0.5, 0.6) is 0 Å². The molecule has 2 heterocycles. The number of rotatable bonds is 3. The van der Waals surface area contributed by atoms with Crippen molar-refractivity contribution < 1.29 is 14.7 Å². The first-order valence-electron chi connectivity index (χ1n) is 5.19. The molecule has 2 aromatic heterocycles. The molecule has 2 rings (SSSR count). The summed E-state index contributed by atoms with van der Waals surface area (Å²) in [7, 11) is 0. The Morgan fingerprint density at radius 1 is 1.21 bits per heavy atom. The average molecular weight is 322 g/mol. The molecule has 0 saturated carbocycles. The summed E-state index contributed by atoms with van der Waals surface area (Å²) < 4.78 is 0.556. The van der Waals surface area contributed by atoms with Gasteiger partial charge in [-0.25, -0.2) is 14.8 Å². The highest BCUT2D eigenvalue weighted by molar-refractivity contribution is 9.10. The summed E-state index contributed by atoms with van der Waals surface area (Å²) in [6.07, 6.45) is 2.81. The number of nitrogens with zero attached hydrogens (tertiary/aromatic N) is 2. The Labute approximate surface area is 116 Å². The summed E-state index contributed by atoms with van der Waals surface area (Å²) in [6.45, 7) is 0. The molecule has 0 aliphatic carbocycles. The smallest absolute Gasteiger partial charge is 0.354 e. The zero-order chi connectivity index (χ0) is 13.8. The Bertz CT molecular complexity index is 646. The molecule has 0 aliphatic heterocycles. The van der Waals surface area contributed by atoms with Crippen LogP contribution in [0.25, 0.3) is 0 Å². The van der Waals surface area contributed by atoms with Crippen molar-refractivity contribution in [3.8, 4) is 0 Å². The standard InChI is InChI=1S/C12H8BrN3O3/c13-8-2-1-4-15-10(8)11(17)16-7-3-5-14-9(6-7)12(18)19/h1-6H,(H,18,19)(H,14,16,17). The number of amides is 1. The maximum atomic E-state index is 11.9. The topological polar surface area (TPSA) is 92.2 Å². The fourth-order valence-electron chi connectivity index (χ4n) is 1.37. The lowest BCUT2D eigenvalue weighted by molar-refractivity contribution is 0.0690. The van der Waals surface area contributed by atoms with Crippen LogP contribution in [-0.2, 0) is 0 Å². The highest BCUT2D eigenvalue weighted by atomic mass is 79.9. The van der Waals surface area contributed by atoms with E-state index in [0.29, 0.717) is 10.2 Å². The molecule has 1 amide bonds. The van der Waals surface area contributed by atoms with Gasteiger partial charge in [-0.3, -0.25) is 4.79 Å². The molecule has 0 fully saturated rings. The monoisotopic (exact) mass is 321 g/mol. The number of anilines is 1. The zero-order valence-electron chi connectivity index (χ0n) is 9.50. The second-order valence-corrected chi connectivity index (χ2v) is 4.38. The van der Waals surface area contributed by atoms with Crippen molar-refractivity contribution in [2.75, 3.05) is 5.32 Å². The van der Waals surface area contributed by atoms with E-state index in [9.17, 15) is 9.59 Å². The van der Waals surface area contributed by atoms with Gasteiger partial charge in [0.2, 0.25) is 0 Å². The molecule has 0 aromatic carbocycles. The van der Waals surface area contributed by atoms with Crippen molar-refractivity contribution in [3.05, 3.63) is 52.5 Å². The van der Waals surface area contributed by atoms with Gasteiger partial charge >= 0.3 is 5.97 Å². The summed E-state index contributed by atoms with van der Waals surface area (Å²) in [5.41, 5.74) is 0.420. The predicted octanol–water partition coefficient (Wildman–Crippen LogP) is 2.19. The number of aromatic nitrogens is 2. The molecular formula is C12H8BrN3O3. The van der Waals surface area contributed by atoms with Crippen molar-refractivity contribution in [2.24, 2.45) is 0 Å². The van der Waals surface area contributed by atoms with Crippen LogP contribution in [0.15, 0.2) is 41.1 Å².